The van der Waals surface area contributed by atoms with Gasteiger partial charge >= 0.3 is 5.97 Å². The predicted molar refractivity (Wildman–Crippen MR) is 79.8 cm³/mol. The van der Waals surface area contributed by atoms with Crippen molar-refractivity contribution in [3.8, 4) is 5.75 Å². The van der Waals surface area contributed by atoms with Crippen LogP contribution in [-0.4, -0.2) is 5.97 Å². The van der Waals surface area contributed by atoms with Crippen molar-refractivity contribution in [2.24, 2.45) is 0 Å². The largest absolute Gasteiger partial charge is 0.422 e. The average molecular weight is 319 g/mol. The van der Waals surface area contributed by atoms with Crippen LogP contribution in [-0.2, 0) is 0 Å². The Balaban J connectivity index is 2.28. The van der Waals surface area contributed by atoms with E-state index in [4.69, 9.17) is 4.74 Å². The SMILES string of the molecule is Cc1ccc(C(=O)Oc2c(C)cccc2C)cc1Br. The molecule has 0 aliphatic heterocycles. The minimum Gasteiger partial charge on any atom is -0.422 e. The van der Waals surface area contributed by atoms with Crippen LogP contribution in [0.15, 0.2) is 40.9 Å². The number of halogens is 1. The topological polar surface area (TPSA) is 26.3 Å². The number of aryl methyl sites for hydroxylation is 3. The van der Waals surface area contributed by atoms with Crippen molar-refractivity contribution in [3.05, 3.63) is 63.1 Å². The molecule has 0 saturated heterocycles. The summed E-state index contributed by atoms with van der Waals surface area (Å²) in [5.41, 5.74) is 3.54. The molecule has 0 aliphatic carbocycles. The highest BCUT2D eigenvalue weighted by Crippen LogP contribution is 2.24. The monoisotopic (exact) mass is 318 g/mol. The molecule has 0 aromatic heterocycles. The van der Waals surface area contributed by atoms with Crippen LogP contribution < -0.4 is 4.74 Å². The van der Waals surface area contributed by atoms with Gasteiger partial charge in [-0.3, -0.25) is 0 Å². The minimum atomic E-state index is -0.335. The summed E-state index contributed by atoms with van der Waals surface area (Å²) < 4.78 is 6.40. The van der Waals surface area contributed by atoms with Crippen LogP contribution in [0.2, 0.25) is 0 Å². The van der Waals surface area contributed by atoms with Crippen LogP contribution >= 0.6 is 15.9 Å². The number of hydrogen-bond acceptors (Lipinski definition) is 2. The lowest BCUT2D eigenvalue weighted by Gasteiger charge is -2.10. The zero-order valence-corrected chi connectivity index (χ0v) is 12.7. The van der Waals surface area contributed by atoms with Crippen molar-refractivity contribution in [1.29, 1.82) is 0 Å². The Labute approximate surface area is 121 Å². The van der Waals surface area contributed by atoms with E-state index in [2.05, 4.69) is 15.9 Å². The number of ether oxygens (including phenoxy) is 1. The summed E-state index contributed by atoms with van der Waals surface area (Å²) in [5, 5.41) is 0. The van der Waals surface area contributed by atoms with E-state index in [1.165, 1.54) is 0 Å². The first-order valence-electron chi connectivity index (χ1n) is 6.03. The average Bonchev–Trinajstić information content (AvgIpc) is 2.37. The maximum absolute atomic E-state index is 12.1. The number of para-hydroxylation sites is 1. The van der Waals surface area contributed by atoms with Crippen molar-refractivity contribution in [1.82, 2.24) is 0 Å². The van der Waals surface area contributed by atoms with Crippen LogP contribution in [0.4, 0.5) is 0 Å². The molecule has 0 atom stereocenters. The van der Waals surface area contributed by atoms with Gasteiger partial charge < -0.3 is 4.74 Å². The Morgan fingerprint density at radius 1 is 1.00 bits per heavy atom. The second kappa shape index (κ2) is 5.57. The molecular formula is C16H15BrO2. The second-order valence-electron chi connectivity index (χ2n) is 4.57. The van der Waals surface area contributed by atoms with E-state index in [0.717, 1.165) is 21.2 Å². The quantitative estimate of drug-likeness (QED) is 0.597. The number of carbonyl (C=O) groups excluding carboxylic acids is 1. The molecule has 0 saturated carbocycles. The second-order valence-corrected chi connectivity index (χ2v) is 5.43. The highest BCUT2D eigenvalue weighted by molar-refractivity contribution is 9.10. The lowest BCUT2D eigenvalue weighted by Crippen LogP contribution is -2.10. The number of esters is 1. The molecule has 0 unspecified atom stereocenters. The minimum absolute atomic E-state index is 0.335. The van der Waals surface area contributed by atoms with Gasteiger partial charge in [0.15, 0.2) is 0 Å². The third-order valence-electron chi connectivity index (χ3n) is 3.01. The summed E-state index contributed by atoms with van der Waals surface area (Å²) in [6.45, 7) is 5.84. The molecule has 0 heterocycles. The molecule has 2 aromatic carbocycles. The molecule has 0 fully saturated rings. The zero-order valence-electron chi connectivity index (χ0n) is 11.2. The third-order valence-corrected chi connectivity index (χ3v) is 3.87. The zero-order chi connectivity index (χ0) is 14.0. The van der Waals surface area contributed by atoms with Crippen LogP contribution in [0.25, 0.3) is 0 Å². The summed E-state index contributed by atoms with van der Waals surface area (Å²) >= 11 is 3.42. The number of hydrogen-bond donors (Lipinski definition) is 0. The first-order valence-corrected chi connectivity index (χ1v) is 6.83. The van der Waals surface area contributed by atoms with Crippen molar-refractivity contribution < 1.29 is 9.53 Å². The fourth-order valence-electron chi connectivity index (χ4n) is 1.83. The van der Waals surface area contributed by atoms with Gasteiger partial charge in [-0.25, -0.2) is 4.79 Å². The van der Waals surface area contributed by atoms with Gasteiger partial charge in [-0.2, -0.15) is 0 Å². The molecule has 2 rings (SSSR count). The molecule has 0 amide bonds. The smallest absolute Gasteiger partial charge is 0.343 e. The van der Waals surface area contributed by atoms with E-state index < -0.39 is 0 Å². The lowest BCUT2D eigenvalue weighted by molar-refractivity contribution is 0.0732. The standard InChI is InChI=1S/C16H15BrO2/c1-10-7-8-13(9-14(10)17)16(18)19-15-11(2)5-4-6-12(15)3/h4-9H,1-3H3. The summed E-state index contributed by atoms with van der Waals surface area (Å²) in [4.78, 5) is 12.1. The molecule has 98 valence electrons. The summed E-state index contributed by atoms with van der Waals surface area (Å²) in [6, 6.07) is 11.3. The summed E-state index contributed by atoms with van der Waals surface area (Å²) in [6.07, 6.45) is 0. The molecule has 3 heteroatoms. The molecule has 0 aliphatic rings. The van der Waals surface area contributed by atoms with Gasteiger partial charge in [0.25, 0.3) is 0 Å². The van der Waals surface area contributed by atoms with E-state index in [-0.39, 0.29) is 5.97 Å². The Morgan fingerprint density at radius 3 is 2.21 bits per heavy atom. The molecule has 0 radical (unpaired) electrons. The molecule has 19 heavy (non-hydrogen) atoms. The van der Waals surface area contributed by atoms with E-state index in [1.807, 2.05) is 45.0 Å². The van der Waals surface area contributed by atoms with Crippen molar-refractivity contribution in [2.45, 2.75) is 20.8 Å². The van der Waals surface area contributed by atoms with Gasteiger partial charge in [-0.1, -0.05) is 40.2 Å². The van der Waals surface area contributed by atoms with E-state index in [1.54, 1.807) is 12.1 Å². The fourth-order valence-corrected chi connectivity index (χ4v) is 2.21. The van der Waals surface area contributed by atoms with Crippen LogP contribution in [0.5, 0.6) is 5.75 Å². The fraction of sp³-hybridized carbons (Fsp3) is 0.188. The van der Waals surface area contributed by atoms with Gasteiger partial charge in [0.1, 0.15) is 5.75 Å². The number of carbonyl (C=O) groups is 1. The molecular weight excluding hydrogens is 304 g/mol. The Bertz CT molecular complexity index is 612. The first-order chi connectivity index (χ1) is 8.99. The molecule has 0 spiro atoms. The van der Waals surface area contributed by atoms with Crippen molar-refractivity contribution >= 4 is 21.9 Å². The Hall–Kier alpha value is -1.61. The van der Waals surface area contributed by atoms with E-state index >= 15 is 0 Å². The summed E-state index contributed by atoms with van der Waals surface area (Å²) in [7, 11) is 0. The van der Waals surface area contributed by atoms with Gasteiger partial charge in [0.05, 0.1) is 5.56 Å². The summed E-state index contributed by atoms with van der Waals surface area (Å²) in [5.74, 6) is 0.308. The van der Waals surface area contributed by atoms with Crippen LogP contribution in [0.3, 0.4) is 0 Å². The van der Waals surface area contributed by atoms with Gasteiger partial charge in [0, 0.05) is 4.47 Å². The third kappa shape index (κ3) is 3.04. The van der Waals surface area contributed by atoms with E-state index in [0.29, 0.717) is 11.3 Å². The molecule has 2 nitrogen and oxygen atoms in total. The number of rotatable bonds is 2. The maximum Gasteiger partial charge on any atom is 0.343 e. The molecule has 0 bridgehead atoms. The van der Waals surface area contributed by atoms with Crippen molar-refractivity contribution in [3.63, 3.8) is 0 Å². The number of benzene rings is 2. The first kappa shape index (κ1) is 13.8. The van der Waals surface area contributed by atoms with E-state index in [9.17, 15) is 4.79 Å². The van der Waals surface area contributed by atoms with Crippen LogP contribution in [0, 0.1) is 20.8 Å². The normalized spacial score (nSPS) is 10.3. The molecule has 0 N–H and O–H groups in total. The van der Waals surface area contributed by atoms with Gasteiger partial charge in [-0.05, 0) is 49.6 Å². The lowest BCUT2D eigenvalue weighted by atomic mass is 10.1. The Kier molecular flexibility index (Phi) is 4.05. The Morgan fingerprint density at radius 2 is 1.63 bits per heavy atom. The highest BCUT2D eigenvalue weighted by atomic mass is 79.9. The highest BCUT2D eigenvalue weighted by Gasteiger charge is 2.12. The molecule has 2 aromatic rings. The van der Waals surface area contributed by atoms with Gasteiger partial charge in [-0.15, -0.1) is 0 Å². The maximum atomic E-state index is 12.1. The van der Waals surface area contributed by atoms with Crippen LogP contribution in [0.1, 0.15) is 27.0 Å². The predicted octanol–water partition coefficient (Wildman–Crippen LogP) is 4.59. The van der Waals surface area contributed by atoms with Gasteiger partial charge in [0.2, 0.25) is 0 Å². The van der Waals surface area contributed by atoms with Crippen molar-refractivity contribution in [2.75, 3.05) is 0 Å².